The van der Waals surface area contributed by atoms with Crippen molar-refractivity contribution in [3.05, 3.63) is 22.8 Å². The number of halogens is 3. The van der Waals surface area contributed by atoms with Crippen LogP contribution in [0.1, 0.15) is 26.7 Å². The van der Waals surface area contributed by atoms with Crippen molar-refractivity contribution < 1.29 is 9.47 Å². The highest BCUT2D eigenvalue weighted by Crippen LogP contribution is 2.35. The molecule has 1 N–H and O–H groups in total. The van der Waals surface area contributed by atoms with Crippen molar-refractivity contribution in [2.75, 3.05) is 13.2 Å². The smallest absolute Gasteiger partial charge is 0.146 e. The van der Waals surface area contributed by atoms with E-state index in [1.165, 1.54) is 10.7 Å². The van der Waals surface area contributed by atoms with Crippen LogP contribution in [0.15, 0.2) is 12.1 Å². The van der Waals surface area contributed by atoms with Crippen molar-refractivity contribution in [1.29, 1.82) is 0 Å². The Hall–Kier alpha value is 1.13. The maximum atomic E-state index is 6.26. The molecule has 0 aromatic heterocycles. The van der Waals surface area contributed by atoms with Gasteiger partial charge in [0.2, 0.25) is 0 Å². The third-order valence-electron chi connectivity index (χ3n) is 3.50. The lowest BCUT2D eigenvalue weighted by atomic mass is 9.85. The normalized spacial score (nSPS) is 24.7. The van der Waals surface area contributed by atoms with Gasteiger partial charge in [-0.25, -0.2) is 0 Å². The third-order valence-corrected chi connectivity index (χ3v) is 5.72. The molecule has 0 amide bonds. The molecule has 1 aliphatic rings. The van der Waals surface area contributed by atoms with Crippen molar-refractivity contribution >= 4 is 67.8 Å². The van der Waals surface area contributed by atoms with Crippen molar-refractivity contribution in [3.8, 4) is 5.75 Å². The molecule has 3 unspecified atom stereocenters. The quantitative estimate of drug-likeness (QED) is 0.455. The van der Waals surface area contributed by atoms with Crippen LogP contribution in [0.5, 0.6) is 5.75 Å². The van der Waals surface area contributed by atoms with Crippen LogP contribution >= 0.6 is 67.8 Å². The van der Waals surface area contributed by atoms with Crippen LogP contribution in [0.2, 0.25) is 0 Å². The van der Waals surface area contributed by atoms with Gasteiger partial charge in [-0.1, -0.05) is 6.92 Å². The molecule has 1 saturated carbocycles. The molecular formula is C15H20I3NO2. The summed E-state index contributed by atoms with van der Waals surface area (Å²) in [5.41, 5.74) is 0. The predicted molar refractivity (Wildman–Crippen MR) is 111 cm³/mol. The zero-order valence-electron chi connectivity index (χ0n) is 12.2. The Bertz CT molecular complexity index is 461. The first-order chi connectivity index (χ1) is 10.1. The molecular weight excluding hydrogens is 607 g/mol. The Balaban J connectivity index is 2.03. The van der Waals surface area contributed by atoms with Crippen molar-refractivity contribution in [2.24, 2.45) is 0 Å². The van der Waals surface area contributed by atoms with Gasteiger partial charge >= 0.3 is 0 Å². The van der Waals surface area contributed by atoms with E-state index in [0.29, 0.717) is 6.04 Å². The van der Waals surface area contributed by atoms with Crippen LogP contribution < -0.4 is 10.1 Å². The highest BCUT2D eigenvalue weighted by atomic mass is 127. The van der Waals surface area contributed by atoms with Gasteiger partial charge in [-0.2, -0.15) is 0 Å². The SMILES string of the molecule is CCCNC1CC(Oc2c(I)cc(I)cc2I)C1OCC. The number of hydrogen-bond acceptors (Lipinski definition) is 3. The van der Waals surface area contributed by atoms with Gasteiger partial charge in [-0.15, -0.1) is 0 Å². The van der Waals surface area contributed by atoms with E-state index in [4.69, 9.17) is 9.47 Å². The number of benzene rings is 1. The van der Waals surface area contributed by atoms with E-state index < -0.39 is 0 Å². The average molecular weight is 627 g/mol. The van der Waals surface area contributed by atoms with Gasteiger partial charge in [0.25, 0.3) is 0 Å². The molecule has 0 radical (unpaired) electrons. The number of rotatable bonds is 7. The van der Waals surface area contributed by atoms with Crippen molar-refractivity contribution in [3.63, 3.8) is 0 Å². The van der Waals surface area contributed by atoms with E-state index in [1.807, 2.05) is 6.92 Å². The van der Waals surface area contributed by atoms with Gasteiger partial charge in [0, 0.05) is 22.6 Å². The highest BCUT2D eigenvalue weighted by molar-refractivity contribution is 14.1. The van der Waals surface area contributed by atoms with Crippen LogP contribution in [0.25, 0.3) is 0 Å². The van der Waals surface area contributed by atoms with E-state index in [0.717, 1.165) is 31.7 Å². The van der Waals surface area contributed by atoms with Gasteiger partial charge in [-0.3, -0.25) is 0 Å². The molecule has 6 heteroatoms. The molecule has 1 fully saturated rings. The minimum atomic E-state index is 0.154. The first kappa shape index (κ1) is 18.5. The summed E-state index contributed by atoms with van der Waals surface area (Å²) in [4.78, 5) is 0. The first-order valence-corrected chi connectivity index (χ1v) is 10.5. The van der Waals surface area contributed by atoms with Gasteiger partial charge in [0.05, 0.1) is 7.14 Å². The summed E-state index contributed by atoms with van der Waals surface area (Å²) in [6, 6.07) is 4.73. The Morgan fingerprint density at radius 2 is 1.86 bits per heavy atom. The minimum absolute atomic E-state index is 0.154. The zero-order valence-corrected chi connectivity index (χ0v) is 18.6. The molecule has 1 aromatic rings. The van der Waals surface area contributed by atoms with E-state index >= 15 is 0 Å². The molecule has 0 bridgehead atoms. The molecule has 0 aliphatic heterocycles. The molecule has 3 nitrogen and oxygen atoms in total. The Labute approximate surface area is 167 Å². The average Bonchev–Trinajstić information content (AvgIpc) is 2.41. The van der Waals surface area contributed by atoms with E-state index in [9.17, 15) is 0 Å². The summed E-state index contributed by atoms with van der Waals surface area (Å²) >= 11 is 7.04. The van der Waals surface area contributed by atoms with Crippen LogP contribution in [-0.4, -0.2) is 31.4 Å². The topological polar surface area (TPSA) is 30.5 Å². The highest BCUT2D eigenvalue weighted by Gasteiger charge is 2.43. The molecule has 0 spiro atoms. The lowest BCUT2D eigenvalue weighted by molar-refractivity contribution is -0.105. The third kappa shape index (κ3) is 4.80. The van der Waals surface area contributed by atoms with Crippen LogP contribution in [0, 0.1) is 10.7 Å². The number of hydrogen-bond donors (Lipinski definition) is 1. The van der Waals surface area contributed by atoms with E-state index in [2.05, 4.69) is 92.1 Å². The van der Waals surface area contributed by atoms with Gasteiger partial charge in [-0.05, 0) is 99.8 Å². The summed E-state index contributed by atoms with van der Waals surface area (Å²) in [5, 5.41) is 3.55. The Morgan fingerprint density at radius 3 is 2.43 bits per heavy atom. The van der Waals surface area contributed by atoms with Crippen LogP contribution in [0.3, 0.4) is 0 Å². The molecule has 1 aliphatic carbocycles. The van der Waals surface area contributed by atoms with Gasteiger partial charge < -0.3 is 14.8 Å². The van der Waals surface area contributed by atoms with E-state index in [1.54, 1.807) is 0 Å². The zero-order chi connectivity index (χ0) is 15.4. The van der Waals surface area contributed by atoms with Crippen LogP contribution in [-0.2, 0) is 4.74 Å². The Morgan fingerprint density at radius 1 is 1.19 bits per heavy atom. The summed E-state index contributed by atoms with van der Waals surface area (Å²) in [7, 11) is 0. The lowest BCUT2D eigenvalue weighted by Crippen LogP contribution is -2.61. The van der Waals surface area contributed by atoms with Crippen molar-refractivity contribution in [2.45, 2.75) is 44.9 Å². The molecule has 2 rings (SSSR count). The fourth-order valence-electron chi connectivity index (χ4n) is 2.44. The van der Waals surface area contributed by atoms with E-state index in [-0.39, 0.29) is 12.2 Å². The minimum Gasteiger partial charge on any atom is -0.485 e. The molecule has 0 saturated heterocycles. The molecule has 1 aromatic carbocycles. The summed E-state index contributed by atoms with van der Waals surface area (Å²) in [6.07, 6.45) is 2.48. The van der Waals surface area contributed by atoms with Gasteiger partial charge in [0.15, 0.2) is 0 Å². The lowest BCUT2D eigenvalue weighted by Gasteiger charge is -2.44. The number of nitrogens with one attached hydrogen (secondary N) is 1. The summed E-state index contributed by atoms with van der Waals surface area (Å²) in [5.74, 6) is 1.00. The summed E-state index contributed by atoms with van der Waals surface area (Å²) in [6.45, 7) is 6.01. The second-order valence-electron chi connectivity index (χ2n) is 5.07. The fraction of sp³-hybridized carbons (Fsp3) is 0.600. The maximum absolute atomic E-state index is 6.26. The first-order valence-electron chi connectivity index (χ1n) is 7.23. The van der Waals surface area contributed by atoms with Gasteiger partial charge in [0.1, 0.15) is 18.0 Å². The monoisotopic (exact) mass is 627 g/mol. The second-order valence-corrected chi connectivity index (χ2v) is 8.64. The maximum Gasteiger partial charge on any atom is 0.146 e. The molecule has 118 valence electrons. The standard InChI is InChI=1S/C15H20I3NO2/c1-3-5-19-12-8-13(15(12)20-4-2)21-14-10(17)6-9(16)7-11(14)18/h6-7,12-13,15,19H,3-5,8H2,1-2H3. The number of ether oxygens (including phenoxy) is 2. The van der Waals surface area contributed by atoms with Crippen molar-refractivity contribution in [1.82, 2.24) is 5.32 Å². The summed E-state index contributed by atoms with van der Waals surface area (Å²) < 4.78 is 15.7. The molecule has 21 heavy (non-hydrogen) atoms. The molecule has 0 heterocycles. The second kappa shape index (κ2) is 8.84. The van der Waals surface area contributed by atoms with Crippen LogP contribution in [0.4, 0.5) is 0 Å². The fourth-order valence-corrected chi connectivity index (χ4v) is 6.27. The predicted octanol–water partition coefficient (Wildman–Crippen LogP) is 4.42. The largest absolute Gasteiger partial charge is 0.485 e. The Kier molecular flexibility index (Phi) is 7.77. The molecule has 3 atom stereocenters.